The van der Waals surface area contributed by atoms with Crippen LogP contribution in [-0.2, 0) is 6.54 Å². The van der Waals surface area contributed by atoms with E-state index < -0.39 is 0 Å². The van der Waals surface area contributed by atoms with Crippen LogP contribution in [0.4, 0.5) is 0 Å². The molecule has 35 heavy (non-hydrogen) atoms. The number of benzene rings is 3. The lowest BCUT2D eigenvalue weighted by atomic mass is 10.0. The number of fused-ring (bicyclic) bond motifs is 1. The van der Waals surface area contributed by atoms with Gasteiger partial charge >= 0.3 is 0 Å². The second-order valence-electron chi connectivity index (χ2n) is 9.62. The maximum absolute atomic E-state index is 7.75. The molecule has 0 unspecified atom stereocenters. The van der Waals surface area contributed by atoms with Gasteiger partial charge in [0.2, 0.25) is 0 Å². The first-order valence-corrected chi connectivity index (χ1v) is 12.4. The minimum atomic E-state index is 0.0815. The number of piperidine rings is 1. The fourth-order valence-corrected chi connectivity index (χ4v) is 4.81. The SMILES string of the molecule is CC(C)c1nc2cc(OC3CCNCC3)ccc2n1Cc1cccc(-c2cccc(C(=N)N)c2)c1. The number of ether oxygens (including phenoxy) is 1. The average molecular weight is 468 g/mol. The predicted molar refractivity (Wildman–Crippen MR) is 142 cm³/mol. The van der Waals surface area contributed by atoms with Crippen molar-refractivity contribution in [3.8, 4) is 16.9 Å². The second-order valence-corrected chi connectivity index (χ2v) is 9.62. The molecule has 180 valence electrons. The third-order valence-electron chi connectivity index (χ3n) is 6.63. The van der Waals surface area contributed by atoms with Crippen molar-refractivity contribution in [2.75, 3.05) is 13.1 Å². The molecule has 1 aromatic heterocycles. The molecule has 0 amide bonds. The highest BCUT2D eigenvalue weighted by molar-refractivity contribution is 5.96. The molecule has 0 radical (unpaired) electrons. The Bertz CT molecular complexity index is 1350. The minimum Gasteiger partial charge on any atom is -0.490 e. The molecule has 1 fully saturated rings. The van der Waals surface area contributed by atoms with Crippen LogP contribution in [0.3, 0.4) is 0 Å². The van der Waals surface area contributed by atoms with Crippen LogP contribution in [0.25, 0.3) is 22.2 Å². The zero-order valence-electron chi connectivity index (χ0n) is 20.4. The topological polar surface area (TPSA) is 89.0 Å². The number of nitrogen functional groups attached to an aromatic ring is 1. The number of hydrogen-bond donors (Lipinski definition) is 3. The van der Waals surface area contributed by atoms with Crippen LogP contribution < -0.4 is 15.8 Å². The Morgan fingerprint density at radius 2 is 1.80 bits per heavy atom. The summed E-state index contributed by atoms with van der Waals surface area (Å²) in [6.07, 6.45) is 2.34. The molecule has 0 aliphatic carbocycles. The first-order chi connectivity index (χ1) is 17.0. The number of imidazole rings is 1. The highest BCUT2D eigenvalue weighted by Gasteiger charge is 2.18. The molecule has 6 heteroatoms. The van der Waals surface area contributed by atoms with Crippen LogP contribution in [0.2, 0.25) is 0 Å². The highest BCUT2D eigenvalue weighted by Crippen LogP contribution is 2.29. The van der Waals surface area contributed by atoms with E-state index >= 15 is 0 Å². The number of amidine groups is 1. The lowest BCUT2D eigenvalue weighted by molar-refractivity contribution is 0.162. The molecule has 0 bridgehead atoms. The maximum atomic E-state index is 7.75. The van der Waals surface area contributed by atoms with Crippen molar-refractivity contribution in [3.05, 3.63) is 83.7 Å². The number of nitrogens with zero attached hydrogens (tertiary/aromatic N) is 2. The summed E-state index contributed by atoms with van der Waals surface area (Å²) < 4.78 is 8.59. The zero-order chi connectivity index (χ0) is 24.4. The molecule has 3 aromatic carbocycles. The largest absolute Gasteiger partial charge is 0.490 e. The summed E-state index contributed by atoms with van der Waals surface area (Å²) in [6, 6.07) is 22.7. The van der Waals surface area contributed by atoms with Gasteiger partial charge in [-0.3, -0.25) is 5.41 Å². The van der Waals surface area contributed by atoms with Gasteiger partial charge in [0.05, 0.1) is 11.0 Å². The van der Waals surface area contributed by atoms with Gasteiger partial charge in [-0.2, -0.15) is 0 Å². The molecular weight excluding hydrogens is 434 g/mol. The van der Waals surface area contributed by atoms with Crippen molar-refractivity contribution in [1.82, 2.24) is 14.9 Å². The van der Waals surface area contributed by atoms with Crippen molar-refractivity contribution in [1.29, 1.82) is 5.41 Å². The Labute approximate surface area is 206 Å². The van der Waals surface area contributed by atoms with Crippen LogP contribution in [0.15, 0.2) is 66.7 Å². The van der Waals surface area contributed by atoms with E-state index in [9.17, 15) is 0 Å². The first-order valence-electron chi connectivity index (χ1n) is 12.4. The van der Waals surface area contributed by atoms with Crippen molar-refractivity contribution in [2.45, 2.75) is 45.3 Å². The Hall–Kier alpha value is -3.64. The first kappa shape index (κ1) is 23.1. The van der Waals surface area contributed by atoms with Gasteiger partial charge in [-0.05, 0) is 66.9 Å². The number of rotatable bonds is 7. The van der Waals surface area contributed by atoms with E-state index in [2.05, 4.69) is 72.3 Å². The minimum absolute atomic E-state index is 0.0815. The Kier molecular flexibility index (Phi) is 6.55. The Morgan fingerprint density at radius 1 is 1.06 bits per heavy atom. The molecule has 0 spiro atoms. The predicted octanol–water partition coefficient (Wildman–Crippen LogP) is 5.29. The third-order valence-corrected chi connectivity index (χ3v) is 6.63. The van der Waals surface area contributed by atoms with Crippen LogP contribution >= 0.6 is 0 Å². The molecule has 4 N–H and O–H groups in total. The van der Waals surface area contributed by atoms with Gasteiger partial charge in [0.25, 0.3) is 0 Å². The van der Waals surface area contributed by atoms with Crippen molar-refractivity contribution >= 4 is 16.9 Å². The van der Waals surface area contributed by atoms with E-state index in [4.69, 9.17) is 20.9 Å². The molecule has 1 saturated heterocycles. The van der Waals surface area contributed by atoms with E-state index in [0.717, 1.165) is 71.8 Å². The van der Waals surface area contributed by atoms with E-state index in [1.54, 1.807) is 0 Å². The molecule has 2 heterocycles. The Morgan fingerprint density at radius 3 is 2.54 bits per heavy atom. The van der Waals surface area contributed by atoms with Crippen LogP contribution in [0.5, 0.6) is 5.75 Å². The smallest absolute Gasteiger partial charge is 0.122 e. The summed E-state index contributed by atoms with van der Waals surface area (Å²) in [5, 5.41) is 11.1. The standard InChI is InChI=1S/C29H33N5O/c1-19(2)29-33-26-17-25(35-24-11-13-32-14-12-24)9-10-27(26)34(29)18-20-5-3-6-21(15-20)22-7-4-8-23(16-22)28(30)31/h3-10,15-17,19,24,32H,11-14,18H2,1-2H3,(H3,30,31). The van der Waals surface area contributed by atoms with Gasteiger partial charge in [0, 0.05) is 24.1 Å². The fraction of sp³-hybridized carbons (Fsp3) is 0.310. The van der Waals surface area contributed by atoms with Gasteiger partial charge in [0.1, 0.15) is 23.5 Å². The molecule has 1 aliphatic rings. The molecule has 0 saturated carbocycles. The molecule has 4 aromatic rings. The van der Waals surface area contributed by atoms with Crippen LogP contribution in [0.1, 0.15) is 49.6 Å². The van der Waals surface area contributed by atoms with Crippen molar-refractivity contribution in [3.63, 3.8) is 0 Å². The van der Waals surface area contributed by atoms with Crippen LogP contribution in [-0.4, -0.2) is 34.6 Å². The molecule has 6 nitrogen and oxygen atoms in total. The Balaban J connectivity index is 1.45. The lowest BCUT2D eigenvalue weighted by Crippen LogP contribution is -2.34. The van der Waals surface area contributed by atoms with Gasteiger partial charge in [0.15, 0.2) is 0 Å². The van der Waals surface area contributed by atoms with Crippen molar-refractivity contribution < 1.29 is 4.74 Å². The third kappa shape index (κ3) is 5.08. The molecular formula is C29H33N5O. The summed E-state index contributed by atoms with van der Waals surface area (Å²) >= 11 is 0. The molecule has 1 aliphatic heterocycles. The quantitative estimate of drug-likeness (QED) is 0.254. The van der Waals surface area contributed by atoms with E-state index in [1.807, 2.05) is 18.2 Å². The fourth-order valence-electron chi connectivity index (χ4n) is 4.81. The summed E-state index contributed by atoms with van der Waals surface area (Å²) in [6.45, 7) is 7.13. The van der Waals surface area contributed by atoms with Gasteiger partial charge in [-0.25, -0.2) is 4.98 Å². The number of nitrogens with one attached hydrogen (secondary N) is 2. The lowest BCUT2D eigenvalue weighted by Gasteiger charge is -2.23. The van der Waals surface area contributed by atoms with Crippen molar-refractivity contribution in [2.24, 2.45) is 5.73 Å². The number of nitrogens with two attached hydrogens (primary N) is 1. The van der Waals surface area contributed by atoms with E-state index in [0.29, 0.717) is 5.92 Å². The van der Waals surface area contributed by atoms with E-state index in [1.165, 1.54) is 5.56 Å². The molecule has 5 rings (SSSR count). The van der Waals surface area contributed by atoms with Crippen LogP contribution in [0, 0.1) is 5.41 Å². The normalized spacial score (nSPS) is 14.5. The summed E-state index contributed by atoms with van der Waals surface area (Å²) in [7, 11) is 0. The van der Waals surface area contributed by atoms with E-state index in [-0.39, 0.29) is 11.9 Å². The average Bonchev–Trinajstić information content (AvgIpc) is 3.23. The maximum Gasteiger partial charge on any atom is 0.122 e. The summed E-state index contributed by atoms with van der Waals surface area (Å²) in [5.41, 5.74) is 11.9. The zero-order valence-corrected chi connectivity index (χ0v) is 20.4. The highest BCUT2D eigenvalue weighted by atomic mass is 16.5. The second kappa shape index (κ2) is 9.92. The molecule has 0 atom stereocenters. The monoisotopic (exact) mass is 467 g/mol. The van der Waals surface area contributed by atoms with Gasteiger partial charge in [-0.15, -0.1) is 0 Å². The number of hydrogen-bond acceptors (Lipinski definition) is 4. The number of aromatic nitrogens is 2. The summed E-state index contributed by atoms with van der Waals surface area (Å²) in [4.78, 5) is 5.01. The van der Waals surface area contributed by atoms with Gasteiger partial charge in [-0.1, -0.05) is 50.2 Å². The summed E-state index contributed by atoms with van der Waals surface area (Å²) in [5.74, 6) is 2.35. The van der Waals surface area contributed by atoms with Gasteiger partial charge < -0.3 is 20.4 Å².